The van der Waals surface area contributed by atoms with Crippen LogP contribution < -0.4 is 16.8 Å². The predicted octanol–water partition coefficient (Wildman–Crippen LogP) is 0.990. The van der Waals surface area contributed by atoms with Gasteiger partial charge in [-0.05, 0) is 32.0 Å². The molecule has 18 heavy (non-hydrogen) atoms. The van der Waals surface area contributed by atoms with Crippen molar-refractivity contribution in [2.45, 2.75) is 25.8 Å². The summed E-state index contributed by atoms with van der Waals surface area (Å²) in [5.41, 5.74) is 10.1. The minimum absolute atomic E-state index is 0.0350. The first-order chi connectivity index (χ1) is 8.19. The number of hydrogen-bond acceptors (Lipinski definition) is 3. The van der Waals surface area contributed by atoms with Gasteiger partial charge in [0.15, 0.2) is 0 Å². The van der Waals surface area contributed by atoms with Crippen molar-refractivity contribution >= 4 is 17.5 Å². The number of primary amides is 1. The molecule has 0 aliphatic rings. The Morgan fingerprint density at radius 2 is 2.00 bits per heavy atom. The van der Waals surface area contributed by atoms with E-state index in [4.69, 9.17) is 11.5 Å². The fourth-order valence-electron chi connectivity index (χ4n) is 1.38. The van der Waals surface area contributed by atoms with E-state index in [9.17, 15) is 14.0 Å². The predicted molar refractivity (Wildman–Crippen MR) is 66.4 cm³/mol. The zero-order valence-electron chi connectivity index (χ0n) is 10.3. The zero-order chi connectivity index (χ0) is 13.9. The molecule has 0 atom stereocenters. The van der Waals surface area contributed by atoms with Gasteiger partial charge >= 0.3 is 0 Å². The fourth-order valence-corrected chi connectivity index (χ4v) is 1.38. The van der Waals surface area contributed by atoms with E-state index in [0.29, 0.717) is 0 Å². The van der Waals surface area contributed by atoms with Crippen LogP contribution in [0.2, 0.25) is 0 Å². The average molecular weight is 253 g/mol. The molecule has 1 aromatic carbocycles. The topological polar surface area (TPSA) is 98.2 Å². The summed E-state index contributed by atoms with van der Waals surface area (Å²) < 4.78 is 13.4. The summed E-state index contributed by atoms with van der Waals surface area (Å²) in [7, 11) is 0. The van der Waals surface area contributed by atoms with Gasteiger partial charge in [0.2, 0.25) is 11.8 Å². The SMILES string of the molecule is CC(C)(N)CC(=O)Nc1cc(C(N)=O)ccc1F. The van der Waals surface area contributed by atoms with E-state index in [-0.39, 0.29) is 17.7 Å². The maximum Gasteiger partial charge on any atom is 0.248 e. The number of hydrogen-bond donors (Lipinski definition) is 3. The molecule has 0 bridgehead atoms. The number of halogens is 1. The third-order valence-electron chi connectivity index (χ3n) is 2.14. The van der Waals surface area contributed by atoms with Crippen molar-refractivity contribution in [3.63, 3.8) is 0 Å². The van der Waals surface area contributed by atoms with Gasteiger partial charge in [-0.1, -0.05) is 0 Å². The smallest absolute Gasteiger partial charge is 0.248 e. The molecular formula is C12H16FN3O2. The molecule has 0 saturated heterocycles. The second-order valence-electron chi connectivity index (χ2n) is 4.77. The van der Waals surface area contributed by atoms with Gasteiger partial charge in [0.05, 0.1) is 5.69 Å². The fraction of sp³-hybridized carbons (Fsp3) is 0.333. The molecule has 2 amide bonds. The van der Waals surface area contributed by atoms with Gasteiger partial charge in [-0.3, -0.25) is 9.59 Å². The Kier molecular flexibility index (Phi) is 4.03. The Morgan fingerprint density at radius 3 is 2.50 bits per heavy atom. The maximum absolute atomic E-state index is 13.4. The number of amides is 2. The molecule has 0 radical (unpaired) electrons. The van der Waals surface area contributed by atoms with E-state index in [1.165, 1.54) is 12.1 Å². The molecule has 0 fully saturated rings. The molecule has 1 aromatic rings. The van der Waals surface area contributed by atoms with Crippen LogP contribution in [0.15, 0.2) is 18.2 Å². The van der Waals surface area contributed by atoms with Gasteiger partial charge in [0, 0.05) is 17.5 Å². The van der Waals surface area contributed by atoms with Gasteiger partial charge in [-0.2, -0.15) is 0 Å². The molecule has 98 valence electrons. The summed E-state index contributed by atoms with van der Waals surface area (Å²) in [6.45, 7) is 3.37. The molecule has 0 saturated carbocycles. The first-order valence-electron chi connectivity index (χ1n) is 5.37. The van der Waals surface area contributed by atoms with Crippen LogP contribution in [0.5, 0.6) is 0 Å². The van der Waals surface area contributed by atoms with Crippen molar-refractivity contribution in [3.05, 3.63) is 29.6 Å². The Labute approximate surface area is 104 Å². The lowest BCUT2D eigenvalue weighted by Gasteiger charge is -2.17. The van der Waals surface area contributed by atoms with Gasteiger partial charge in [-0.15, -0.1) is 0 Å². The number of benzene rings is 1. The van der Waals surface area contributed by atoms with Gasteiger partial charge in [0.25, 0.3) is 0 Å². The molecule has 0 heterocycles. The van der Waals surface area contributed by atoms with Crippen molar-refractivity contribution in [1.82, 2.24) is 0 Å². The van der Waals surface area contributed by atoms with Crippen LogP contribution in [0.25, 0.3) is 0 Å². The lowest BCUT2D eigenvalue weighted by atomic mass is 10.0. The van der Waals surface area contributed by atoms with E-state index >= 15 is 0 Å². The largest absolute Gasteiger partial charge is 0.366 e. The van der Waals surface area contributed by atoms with Crippen molar-refractivity contribution in [2.75, 3.05) is 5.32 Å². The Hall–Kier alpha value is -1.95. The summed E-state index contributed by atoms with van der Waals surface area (Å²) in [6, 6.07) is 3.52. The van der Waals surface area contributed by atoms with E-state index in [0.717, 1.165) is 6.07 Å². The van der Waals surface area contributed by atoms with Crippen molar-refractivity contribution in [1.29, 1.82) is 0 Å². The number of nitrogens with two attached hydrogens (primary N) is 2. The number of carbonyl (C=O) groups is 2. The summed E-state index contributed by atoms with van der Waals surface area (Å²) in [5.74, 6) is -1.75. The summed E-state index contributed by atoms with van der Waals surface area (Å²) in [6.07, 6.45) is 0.0350. The van der Waals surface area contributed by atoms with Crippen LogP contribution in [0, 0.1) is 5.82 Å². The molecule has 5 nitrogen and oxygen atoms in total. The monoisotopic (exact) mass is 253 g/mol. The lowest BCUT2D eigenvalue weighted by Crippen LogP contribution is -2.36. The maximum atomic E-state index is 13.4. The van der Waals surface area contributed by atoms with Gasteiger partial charge in [0.1, 0.15) is 5.82 Å². The second-order valence-corrected chi connectivity index (χ2v) is 4.77. The normalized spacial score (nSPS) is 11.1. The highest BCUT2D eigenvalue weighted by Crippen LogP contribution is 2.17. The number of rotatable bonds is 4. The summed E-state index contributed by atoms with van der Waals surface area (Å²) in [5, 5.41) is 2.36. The minimum Gasteiger partial charge on any atom is -0.366 e. The van der Waals surface area contributed by atoms with E-state index < -0.39 is 23.2 Å². The summed E-state index contributed by atoms with van der Waals surface area (Å²) in [4.78, 5) is 22.5. The second kappa shape index (κ2) is 5.14. The molecule has 0 aliphatic heterocycles. The molecule has 0 unspecified atom stereocenters. The number of anilines is 1. The third-order valence-corrected chi connectivity index (χ3v) is 2.14. The Balaban J connectivity index is 2.87. The van der Waals surface area contributed by atoms with Crippen LogP contribution in [0.1, 0.15) is 30.6 Å². The zero-order valence-corrected chi connectivity index (χ0v) is 10.3. The van der Waals surface area contributed by atoms with E-state index in [2.05, 4.69) is 5.32 Å². The van der Waals surface area contributed by atoms with Crippen molar-refractivity contribution < 1.29 is 14.0 Å². The number of nitrogens with one attached hydrogen (secondary N) is 1. The highest BCUT2D eigenvalue weighted by molar-refractivity contribution is 5.96. The first-order valence-corrected chi connectivity index (χ1v) is 5.37. The van der Waals surface area contributed by atoms with E-state index in [1.807, 2.05) is 0 Å². The van der Waals surface area contributed by atoms with Crippen molar-refractivity contribution in [2.24, 2.45) is 11.5 Å². The van der Waals surface area contributed by atoms with Crippen LogP contribution >= 0.6 is 0 Å². The molecule has 0 aliphatic carbocycles. The molecule has 0 aromatic heterocycles. The van der Waals surface area contributed by atoms with Crippen LogP contribution in [0.4, 0.5) is 10.1 Å². The molecule has 0 spiro atoms. The van der Waals surface area contributed by atoms with Crippen LogP contribution in [0.3, 0.4) is 0 Å². The summed E-state index contributed by atoms with van der Waals surface area (Å²) >= 11 is 0. The molecule has 5 N–H and O–H groups in total. The molecule has 6 heteroatoms. The van der Waals surface area contributed by atoms with E-state index in [1.54, 1.807) is 13.8 Å². The van der Waals surface area contributed by atoms with Crippen LogP contribution in [-0.4, -0.2) is 17.4 Å². The minimum atomic E-state index is -0.693. The lowest BCUT2D eigenvalue weighted by molar-refractivity contribution is -0.117. The van der Waals surface area contributed by atoms with Gasteiger partial charge in [-0.25, -0.2) is 4.39 Å². The Morgan fingerprint density at radius 1 is 1.39 bits per heavy atom. The standard InChI is InChI=1S/C12H16FN3O2/c1-12(2,15)6-10(17)16-9-5-7(11(14)18)3-4-8(9)13/h3-5H,6,15H2,1-2H3,(H2,14,18)(H,16,17). The van der Waals surface area contributed by atoms with Crippen LogP contribution in [-0.2, 0) is 4.79 Å². The van der Waals surface area contributed by atoms with Gasteiger partial charge < -0.3 is 16.8 Å². The molecular weight excluding hydrogens is 237 g/mol. The highest BCUT2D eigenvalue weighted by Gasteiger charge is 2.17. The quantitative estimate of drug-likeness (QED) is 0.746. The number of carbonyl (C=O) groups excluding carboxylic acids is 2. The Bertz CT molecular complexity index is 481. The molecule has 1 rings (SSSR count). The first kappa shape index (κ1) is 14.1. The highest BCUT2D eigenvalue weighted by atomic mass is 19.1. The average Bonchev–Trinajstić information content (AvgIpc) is 2.18. The third kappa shape index (κ3) is 4.14. The van der Waals surface area contributed by atoms with Crippen molar-refractivity contribution in [3.8, 4) is 0 Å².